The van der Waals surface area contributed by atoms with E-state index in [2.05, 4.69) is 5.32 Å². The van der Waals surface area contributed by atoms with Gasteiger partial charge in [-0.05, 0) is 44.9 Å². The maximum absolute atomic E-state index is 12.0. The minimum Gasteiger partial charge on any atom is -0.330 e. The molecule has 0 aliphatic heterocycles. The normalized spacial score (nSPS) is 12.0. The number of carbonyl (C=O) groups excluding carboxylic acids is 1. The Morgan fingerprint density at radius 1 is 1.40 bits per heavy atom. The summed E-state index contributed by atoms with van der Waals surface area (Å²) in [5, 5.41) is 13.7. The van der Waals surface area contributed by atoms with Gasteiger partial charge in [0.05, 0.1) is 10.6 Å². The molecule has 6 nitrogen and oxygen atoms in total. The van der Waals surface area contributed by atoms with Gasteiger partial charge in [-0.25, -0.2) is 0 Å². The van der Waals surface area contributed by atoms with Crippen LogP contribution in [0.2, 0.25) is 0 Å². The first-order valence-electron chi connectivity index (χ1n) is 6.63. The number of nitro benzene ring substituents is 1. The molecule has 0 spiro atoms. The monoisotopic (exact) mass is 279 g/mol. The van der Waals surface area contributed by atoms with Crippen molar-refractivity contribution in [3.63, 3.8) is 0 Å². The molecular weight excluding hydrogens is 258 g/mol. The molecule has 0 fully saturated rings. The molecule has 1 aromatic carbocycles. The zero-order valence-electron chi connectivity index (χ0n) is 12.1. The highest BCUT2D eigenvalue weighted by molar-refractivity contribution is 5.93. The molecule has 0 bridgehead atoms. The fourth-order valence-corrected chi connectivity index (χ4v) is 1.98. The third-order valence-electron chi connectivity index (χ3n) is 3.29. The zero-order chi connectivity index (χ0) is 15.3. The van der Waals surface area contributed by atoms with Crippen LogP contribution in [0.25, 0.3) is 0 Å². The molecule has 110 valence electrons. The van der Waals surface area contributed by atoms with Crippen molar-refractivity contribution >= 4 is 17.3 Å². The van der Waals surface area contributed by atoms with Crippen LogP contribution in [0.1, 0.15) is 30.9 Å². The SMILES string of the molecule is Cc1cc(C)c([N+](=O)[O-])cc1NC(=O)C(C)CCCN. The second kappa shape index (κ2) is 7.00. The Bertz CT molecular complexity index is 515. The van der Waals surface area contributed by atoms with Crippen molar-refractivity contribution in [2.45, 2.75) is 33.6 Å². The number of carbonyl (C=O) groups is 1. The largest absolute Gasteiger partial charge is 0.330 e. The fraction of sp³-hybridized carbons (Fsp3) is 0.500. The summed E-state index contributed by atoms with van der Waals surface area (Å²) in [4.78, 5) is 22.5. The van der Waals surface area contributed by atoms with Gasteiger partial charge in [-0.1, -0.05) is 6.92 Å². The number of hydrogen-bond donors (Lipinski definition) is 2. The van der Waals surface area contributed by atoms with E-state index in [1.54, 1.807) is 13.0 Å². The second-order valence-electron chi connectivity index (χ2n) is 5.03. The summed E-state index contributed by atoms with van der Waals surface area (Å²) >= 11 is 0. The lowest BCUT2D eigenvalue weighted by molar-refractivity contribution is -0.385. The summed E-state index contributed by atoms with van der Waals surface area (Å²) in [7, 11) is 0. The van der Waals surface area contributed by atoms with E-state index >= 15 is 0 Å². The maximum Gasteiger partial charge on any atom is 0.274 e. The first-order valence-corrected chi connectivity index (χ1v) is 6.63. The van der Waals surface area contributed by atoms with Crippen molar-refractivity contribution in [1.82, 2.24) is 0 Å². The molecule has 0 radical (unpaired) electrons. The summed E-state index contributed by atoms with van der Waals surface area (Å²) < 4.78 is 0. The van der Waals surface area contributed by atoms with Crippen molar-refractivity contribution in [3.8, 4) is 0 Å². The molecule has 0 aliphatic rings. The number of rotatable bonds is 6. The Kier molecular flexibility index (Phi) is 5.64. The minimum absolute atomic E-state index is 0.0144. The van der Waals surface area contributed by atoms with Crippen LogP contribution in [0, 0.1) is 29.9 Å². The average Bonchev–Trinajstić information content (AvgIpc) is 2.38. The van der Waals surface area contributed by atoms with Gasteiger partial charge in [0.15, 0.2) is 0 Å². The molecule has 1 atom stereocenters. The fourth-order valence-electron chi connectivity index (χ4n) is 1.98. The third kappa shape index (κ3) is 4.03. The van der Waals surface area contributed by atoms with Gasteiger partial charge < -0.3 is 11.1 Å². The van der Waals surface area contributed by atoms with Crippen molar-refractivity contribution in [2.75, 3.05) is 11.9 Å². The summed E-state index contributed by atoms with van der Waals surface area (Å²) in [6.45, 7) is 5.87. The highest BCUT2D eigenvalue weighted by Gasteiger charge is 2.17. The number of nitro groups is 1. The van der Waals surface area contributed by atoms with Gasteiger partial charge in [0.2, 0.25) is 5.91 Å². The molecule has 0 saturated carbocycles. The van der Waals surface area contributed by atoms with E-state index in [0.717, 1.165) is 12.0 Å². The highest BCUT2D eigenvalue weighted by Crippen LogP contribution is 2.26. The van der Waals surface area contributed by atoms with Gasteiger partial charge in [-0.2, -0.15) is 0 Å². The molecule has 0 saturated heterocycles. The predicted octanol–water partition coefficient (Wildman–Crippen LogP) is 2.53. The standard InChI is InChI=1S/C14H21N3O3/c1-9(5-4-6-15)14(18)16-12-8-13(17(19)20)11(3)7-10(12)2/h7-9H,4-6,15H2,1-3H3,(H,16,18). The molecule has 6 heteroatoms. The van der Waals surface area contributed by atoms with E-state index in [9.17, 15) is 14.9 Å². The van der Waals surface area contributed by atoms with Gasteiger partial charge in [0.1, 0.15) is 0 Å². The van der Waals surface area contributed by atoms with Crippen LogP contribution in [-0.4, -0.2) is 17.4 Å². The molecule has 20 heavy (non-hydrogen) atoms. The number of nitrogens with two attached hydrogens (primary N) is 1. The number of benzene rings is 1. The topological polar surface area (TPSA) is 98.3 Å². The van der Waals surface area contributed by atoms with Gasteiger partial charge in [0, 0.05) is 17.5 Å². The number of amides is 1. The van der Waals surface area contributed by atoms with Crippen LogP contribution in [0.5, 0.6) is 0 Å². The summed E-state index contributed by atoms with van der Waals surface area (Å²) in [6.07, 6.45) is 1.48. The molecular formula is C14H21N3O3. The first kappa shape index (κ1) is 16.1. The second-order valence-corrected chi connectivity index (χ2v) is 5.03. The van der Waals surface area contributed by atoms with Gasteiger partial charge in [-0.15, -0.1) is 0 Å². The van der Waals surface area contributed by atoms with Gasteiger partial charge >= 0.3 is 0 Å². The summed E-state index contributed by atoms with van der Waals surface area (Å²) in [5.74, 6) is -0.307. The van der Waals surface area contributed by atoms with E-state index in [1.807, 2.05) is 13.8 Å². The molecule has 0 aliphatic carbocycles. The van der Waals surface area contributed by atoms with Crippen LogP contribution in [-0.2, 0) is 4.79 Å². The Hall–Kier alpha value is -1.95. The van der Waals surface area contributed by atoms with Crippen LogP contribution >= 0.6 is 0 Å². The number of anilines is 1. The van der Waals surface area contributed by atoms with E-state index in [-0.39, 0.29) is 17.5 Å². The maximum atomic E-state index is 12.0. The van der Waals surface area contributed by atoms with Crippen molar-refractivity contribution in [3.05, 3.63) is 33.4 Å². The lowest BCUT2D eigenvalue weighted by Gasteiger charge is -2.14. The lowest BCUT2D eigenvalue weighted by Crippen LogP contribution is -2.21. The first-order chi connectivity index (χ1) is 9.36. The molecule has 3 N–H and O–H groups in total. The van der Waals surface area contributed by atoms with Gasteiger partial charge in [0.25, 0.3) is 5.69 Å². The highest BCUT2D eigenvalue weighted by atomic mass is 16.6. The van der Waals surface area contributed by atoms with Crippen LogP contribution < -0.4 is 11.1 Å². The Morgan fingerprint density at radius 3 is 2.60 bits per heavy atom. The van der Waals surface area contributed by atoms with Crippen LogP contribution in [0.15, 0.2) is 12.1 Å². The van der Waals surface area contributed by atoms with Crippen molar-refractivity contribution in [2.24, 2.45) is 11.7 Å². The van der Waals surface area contributed by atoms with Crippen LogP contribution in [0.4, 0.5) is 11.4 Å². The van der Waals surface area contributed by atoms with Crippen molar-refractivity contribution in [1.29, 1.82) is 0 Å². The van der Waals surface area contributed by atoms with E-state index in [1.165, 1.54) is 6.07 Å². The lowest BCUT2D eigenvalue weighted by atomic mass is 10.0. The number of aryl methyl sites for hydroxylation is 2. The van der Waals surface area contributed by atoms with E-state index in [4.69, 9.17) is 5.73 Å². The molecule has 0 heterocycles. The van der Waals surface area contributed by atoms with Gasteiger partial charge in [-0.3, -0.25) is 14.9 Å². The Morgan fingerprint density at radius 2 is 2.05 bits per heavy atom. The minimum atomic E-state index is -0.442. The van der Waals surface area contributed by atoms with E-state index in [0.29, 0.717) is 24.2 Å². The van der Waals surface area contributed by atoms with Crippen molar-refractivity contribution < 1.29 is 9.72 Å². The van der Waals surface area contributed by atoms with Crippen LogP contribution in [0.3, 0.4) is 0 Å². The molecule has 0 aromatic heterocycles. The predicted molar refractivity (Wildman–Crippen MR) is 78.7 cm³/mol. The quantitative estimate of drug-likeness (QED) is 0.617. The number of hydrogen-bond acceptors (Lipinski definition) is 4. The number of nitrogens with zero attached hydrogens (tertiary/aromatic N) is 1. The third-order valence-corrected chi connectivity index (χ3v) is 3.29. The summed E-state index contributed by atoms with van der Waals surface area (Å²) in [6, 6.07) is 3.12. The Labute approximate surface area is 118 Å². The summed E-state index contributed by atoms with van der Waals surface area (Å²) in [5.41, 5.74) is 7.32. The zero-order valence-corrected chi connectivity index (χ0v) is 12.1. The molecule has 1 aromatic rings. The average molecular weight is 279 g/mol. The molecule has 1 amide bonds. The molecule has 1 unspecified atom stereocenters. The smallest absolute Gasteiger partial charge is 0.274 e. The Balaban J connectivity index is 2.89. The number of nitrogens with one attached hydrogen (secondary N) is 1. The van der Waals surface area contributed by atoms with E-state index < -0.39 is 4.92 Å². The molecule has 1 rings (SSSR count).